The maximum atomic E-state index is 11.7. The van der Waals surface area contributed by atoms with Crippen molar-refractivity contribution >= 4 is 5.91 Å². The van der Waals surface area contributed by atoms with Gasteiger partial charge in [0.1, 0.15) is 5.75 Å². The number of benzene rings is 1. The molecule has 0 bridgehead atoms. The summed E-state index contributed by atoms with van der Waals surface area (Å²) in [5.41, 5.74) is 6.52. The Morgan fingerprint density at radius 2 is 2.00 bits per heavy atom. The minimum absolute atomic E-state index is 0.0389. The minimum Gasteiger partial charge on any atom is -0.483 e. The summed E-state index contributed by atoms with van der Waals surface area (Å²) in [4.78, 5) is 11.7. The Balaban J connectivity index is 2.37. The van der Waals surface area contributed by atoms with E-state index in [9.17, 15) is 4.79 Å². The fraction of sp³-hybridized carbons (Fsp3) is 0.533. The highest BCUT2D eigenvalue weighted by molar-refractivity contribution is 5.77. The Morgan fingerprint density at radius 3 is 2.63 bits per heavy atom. The fourth-order valence-corrected chi connectivity index (χ4v) is 1.84. The molecule has 0 radical (unpaired) electrons. The van der Waals surface area contributed by atoms with E-state index in [1.807, 2.05) is 24.3 Å². The second-order valence-electron chi connectivity index (χ2n) is 4.59. The number of hydrogen-bond donors (Lipinski definition) is 2. The summed E-state index contributed by atoms with van der Waals surface area (Å²) in [7, 11) is 0. The lowest BCUT2D eigenvalue weighted by Gasteiger charge is -2.14. The molecule has 0 aliphatic carbocycles. The molecule has 4 nitrogen and oxygen atoms in total. The molecule has 0 saturated carbocycles. The number of hydrogen-bond acceptors (Lipinski definition) is 3. The van der Waals surface area contributed by atoms with Crippen molar-refractivity contribution in [3.63, 3.8) is 0 Å². The molecule has 0 spiro atoms. The zero-order chi connectivity index (χ0) is 14.1. The maximum absolute atomic E-state index is 11.7. The number of para-hydroxylation sites is 1. The van der Waals surface area contributed by atoms with Crippen LogP contribution >= 0.6 is 0 Å². The lowest BCUT2D eigenvalue weighted by atomic mass is 10.0. The molecule has 1 amide bonds. The number of amides is 1. The first kappa shape index (κ1) is 15.5. The van der Waals surface area contributed by atoms with Crippen LogP contribution in [0.5, 0.6) is 5.75 Å². The van der Waals surface area contributed by atoms with E-state index in [2.05, 4.69) is 19.2 Å². The van der Waals surface area contributed by atoms with E-state index in [1.54, 1.807) is 0 Å². The summed E-state index contributed by atoms with van der Waals surface area (Å²) in [6.07, 6.45) is 2.15. The third-order valence-electron chi connectivity index (χ3n) is 3.29. The number of carbonyl (C=O) groups excluding carboxylic acids is 1. The number of rotatable bonds is 8. The number of carbonyl (C=O) groups is 1. The zero-order valence-electron chi connectivity index (χ0n) is 11.8. The van der Waals surface area contributed by atoms with E-state index in [1.165, 1.54) is 0 Å². The molecule has 3 N–H and O–H groups in total. The van der Waals surface area contributed by atoms with Crippen molar-refractivity contribution in [1.82, 2.24) is 5.32 Å². The van der Waals surface area contributed by atoms with Gasteiger partial charge in [0.05, 0.1) is 0 Å². The van der Waals surface area contributed by atoms with Gasteiger partial charge in [0, 0.05) is 18.7 Å². The fourth-order valence-electron chi connectivity index (χ4n) is 1.84. The zero-order valence-corrected chi connectivity index (χ0v) is 11.8. The first-order valence-electron chi connectivity index (χ1n) is 6.88. The normalized spacial score (nSPS) is 10.5. The Labute approximate surface area is 115 Å². The van der Waals surface area contributed by atoms with Crippen molar-refractivity contribution in [3.05, 3.63) is 29.8 Å². The number of nitrogens with two attached hydrogens (primary N) is 1. The Kier molecular flexibility index (Phi) is 6.97. The predicted octanol–water partition coefficient (Wildman–Crippen LogP) is 2.08. The lowest BCUT2D eigenvalue weighted by Crippen LogP contribution is -2.33. The predicted molar refractivity (Wildman–Crippen MR) is 76.9 cm³/mol. The molecule has 0 heterocycles. The highest BCUT2D eigenvalue weighted by Gasteiger charge is 2.08. The number of nitrogens with one attached hydrogen (secondary N) is 1. The van der Waals surface area contributed by atoms with Crippen molar-refractivity contribution in [3.8, 4) is 5.75 Å². The molecule has 0 saturated heterocycles. The summed E-state index contributed by atoms with van der Waals surface area (Å²) < 4.78 is 5.50. The second kappa shape index (κ2) is 8.53. The van der Waals surface area contributed by atoms with E-state index in [0.717, 1.165) is 18.4 Å². The smallest absolute Gasteiger partial charge is 0.257 e. The quantitative estimate of drug-likeness (QED) is 0.755. The van der Waals surface area contributed by atoms with Crippen molar-refractivity contribution in [1.29, 1.82) is 0 Å². The first-order valence-corrected chi connectivity index (χ1v) is 6.88. The van der Waals surface area contributed by atoms with Crippen molar-refractivity contribution < 1.29 is 9.53 Å². The van der Waals surface area contributed by atoms with Crippen molar-refractivity contribution in [2.75, 3.05) is 13.2 Å². The standard InChI is InChI=1S/C15H24N2O2/c1-3-12(4-2)10-17-15(18)11-19-14-8-6-5-7-13(14)9-16/h5-8,12H,3-4,9-11,16H2,1-2H3,(H,17,18). The second-order valence-corrected chi connectivity index (χ2v) is 4.59. The summed E-state index contributed by atoms with van der Waals surface area (Å²) in [6, 6.07) is 7.51. The Morgan fingerprint density at radius 1 is 1.32 bits per heavy atom. The monoisotopic (exact) mass is 264 g/mol. The van der Waals surface area contributed by atoms with Crippen LogP contribution in [0.4, 0.5) is 0 Å². The molecule has 1 rings (SSSR count). The van der Waals surface area contributed by atoms with E-state index in [4.69, 9.17) is 10.5 Å². The van der Waals surface area contributed by atoms with Crippen LogP contribution in [0.1, 0.15) is 32.3 Å². The summed E-state index contributed by atoms with van der Waals surface area (Å²) in [6.45, 7) is 5.43. The first-order chi connectivity index (χ1) is 9.21. The van der Waals surface area contributed by atoms with Gasteiger partial charge in [-0.15, -0.1) is 0 Å². The lowest BCUT2D eigenvalue weighted by molar-refractivity contribution is -0.123. The SMILES string of the molecule is CCC(CC)CNC(=O)COc1ccccc1CN. The third-order valence-corrected chi connectivity index (χ3v) is 3.29. The van der Waals surface area contributed by atoms with E-state index >= 15 is 0 Å². The molecule has 0 aromatic heterocycles. The minimum atomic E-state index is -0.0845. The molecule has 1 aromatic rings. The topological polar surface area (TPSA) is 64.3 Å². The van der Waals surface area contributed by atoms with Gasteiger partial charge in [-0.05, 0) is 12.0 Å². The molecule has 1 aromatic carbocycles. The van der Waals surface area contributed by atoms with Gasteiger partial charge in [0.25, 0.3) is 5.91 Å². The summed E-state index contributed by atoms with van der Waals surface area (Å²) in [5.74, 6) is 1.14. The molecule has 0 unspecified atom stereocenters. The Bertz CT molecular complexity index is 389. The van der Waals surface area contributed by atoms with Crippen LogP contribution in [0.3, 0.4) is 0 Å². The molecule has 4 heteroatoms. The highest BCUT2D eigenvalue weighted by Crippen LogP contribution is 2.16. The van der Waals surface area contributed by atoms with Gasteiger partial charge < -0.3 is 15.8 Å². The van der Waals surface area contributed by atoms with Gasteiger partial charge >= 0.3 is 0 Å². The van der Waals surface area contributed by atoms with Crippen molar-refractivity contribution in [2.45, 2.75) is 33.2 Å². The molecule has 0 fully saturated rings. The van der Waals surface area contributed by atoms with Gasteiger partial charge in [-0.25, -0.2) is 0 Å². The average molecular weight is 264 g/mol. The summed E-state index contributed by atoms with van der Waals surface area (Å²) in [5, 5.41) is 2.90. The van der Waals surface area contributed by atoms with Crippen LogP contribution in [0.2, 0.25) is 0 Å². The van der Waals surface area contributed by atoms with E-state index < -0.39 is 0 Å². The Hall–Kier alpha value is -1.55. The molecule has 0 aliphatic rings. The van der Waals surface area contributed by atoms with Gasteiger partial charge in [-0.2, -0.15) is 0 Å². The van der Waals surface area contributed by atoms with Crippen LogP contribution in [-0.2, 0) is 11.3 Å². The molecule has 106 valence electrons. The molecular weight excluding hydrogens is 240 g/mol. The largest absolute Gasteiger partial charge is 0.483 e. The van der Waals surface area contributed by atoms with Crippen LogP contribution in [0, 0.1) is 5.92 Å². The van der Waals surface area contributed by atoms with Gasteiger partial charge in [0.2, 0.25) is 0 Å². The third kappa shape index (κ3) is 5.30. The van der Waals surface area contributed by atoms with E-state index in [0.29, 0.717) is 24.8 Å². The van der Waals surface area contributed by atoms with Crippen LogP contribution in [0.15, 0.2) is 24.3 Å². The summed E-state index contributed by atoms with van der Waals surface area (Å²) >= 11 is 0. The maximum Gasteiger partial charge on any atom is 0.257 e. The van der Waals surface area contributed by atoms with Crippen molar-refractivity contribution in [2.24, 2.45) is 11.7 Å². The van der Waals surface area contributed by atoms with Crippen LogP contribution in [-0.4, -0.2) is 19.1 Å². The average Bonchev–Trinajstić information content (AvgIpc) is 2.46. The van der Waals surface area contributed by atoms with Crippen LogP contribution in [0.25, 0.3) is 0 Å². The highest BCUT2D eigenvalue weighted by atomic mass is 16.5. The number of ether oxygens (including phenoxy) is 1. The van der Waals surface area contributed by atoms with Gasteiger partial charge in [-0.1, -0.05) is 44.9 Å². The molecule has 0 atom stereocenters. The molecule has 19 heavy (non-hydrogen) atoms. The van der Waals surface area contributed by atoms with E-state index in [-0.39, 0.29) is 12.5 Å². The molecular formula is C15H24N2O2. The van der Waals surface area contributed by atoms with Crippen LogP contribution < -0.4 is 15.8 Å². The van der Waals surface area contributed by atoms with Gasteiger partial charge in [-0.3, -0.25) is 4.79 Å². The van der Waals surface area contributed by atoms with Gasteiger partial charge in [0.15, 0.2) is 6.61 Å². The molecule has 0 aliphatic heterocycles.